The number of amides is 1. The van der Waals surface area contributed by atoms with E-state index in [1.165, 1.54) is 0 Å². The number of halogens is 1. The van der Waals surface area contributed by atoms with Gasteiger partial charge in [0.2, 0.25) is 0 Å². The summed E-state index contributed by atoms with van der Waals surface area (Å²) in [5.74, 6) is 0.0550. The molecule has 1 aromatic carbocycles. The van der Waals surface area contributed by atoms with Crippen LogP contribution >= 0.6 is 11.6 Å². The van der Waals surface area contributed by atoms with E-state index in [9.17, 15) is 4.79 Å². The molecule has 0 aromatic heterocycles. The molecular formula is C15H21ClN2O. The summed E-state index contributed by atoms with van der Waals surface area (Å²) in [6, 6.07) is 5.96. The first-order valence-electron chi connectivity index (χ1n) is 6.91. The fourth-order valence-electron chi connectivity index (χ4n) is 2.63. The van der Waals surface area contributed by atoms with Crippen LogP contribution in [0.3, 0.4) is 0 Å². The van der Waals surface area contributed by atoms with Crippen molar-refractivity contribution in [3.63, 3.8) is 0 Å². The van der Waals surface area contributed by atoms with E-state index in [2.05, 4.69) is 5.32 Å². The van der Waals surface area contributed by atoms with Gasteiger partial charge in [0, 0.05) is 12.6 Å². The molecule has 0 aliphatic carbocycles. The Kier molecular flexibility index (Phi) is 4.83. The van der Waals surface area contributed by atoms with E-state index in [0.29, 0.717) is 16.6 Å². The molecule has 2 rings (SSSR count). The van der Waals surface area contributed by atoms with Crippen LogP contribution in [-0.4, -0.2) is 36.5 Å². The number of rotatable bonds is 3. The second kappa shape index (κ2) is 6.40. The normalized spacial score (nSPS) is 16.4. The zero-order valence-electron chi connectivity index (χ0n) is 11.6. The third-order valence-corrected chi connectivity index (χ3v) is 4.02. The molecule has 1 N–H and O–H groups in total. The summed E-state index contributed by atoms with van der Waals surface area (Å²) in [4.78, 5) is 14.6. The maximum absolute atomic E-state index is 12.6. The molecule has 104 valence electrons. The molecule has 0 atom stereocenters. The van der Waals surface area contributed by atoms with E-state index in [1.807, 2.05) is 36.9 Å². The van der Waals surface area contributed by atoms with Crippen molar-refractivity contribution in [1.29, 1.82) is 0 Å². The molecule has 0 saturated carbocycles. The number of carbonyl (C=O) groups excluding carboxylic acids is 1. The quantitative estimate of drug-likeness (QED) is 0.923. The van der Waals surface area contributed by atoms with Gasteiger partial charge in [-0.15, -0.1) is 0 Å². The highest BCUT2D eigenvalue weighted by atomic mass is 35.5. The first kappa shape index (κ1) is 14.4. The lowest BCUT2D eigenvalue weighted by molar-refractivity contribution is 0.0656. The van der Waals surface area contributed by atoms with Crippen LogP contribution in [0.1, 0.15) is 35.7 Å². The second-order valence-corrected chi connectivity index (χ2v) is 5.46. The third-order valence-electron chi connectivity index (χ3n) is 3.71. The molecule has 1 saturated heterocycles. The van der Waals surface area contributed by atoms with Crippen LogP contribution in [0.15, 0.2) is 18.2 Å². The van der Waals surface area contributed by atoms with Crippen LogP contribution < -0.4 is 5.32 Å². The minimum Gasteiger partial charge on any atom is -0.336 e. The average molecular weight is 281 g/mol. The largest absolute Gasteiger partial charge is 0.336 e. The highest BCUT2D eigenvalue weighted by molar-refractivity contribution is 6.33. The zero-order chi connectivity index (χ0) is 13.8. The molecule has 1 aliphatic rings. The molecule has 1 aliphatic heterocycles. The Morgan fingerprint density at radius 1 is 1.42 bits per heavy atom. The molecule has 3 nitrogen and oxygen atoms in total. The second-order valence-electron chi connectivity index (χ2n) is 5.06. The van der Waals surface area contributed by atoms with Gasteiger partial charge in [-0.3, -0.25) is 4.79 Å². The number of nitrogens with zero attached hydrogens (tertiary/aromatic N) is 1. The summed E-state index contributed by atoms with van der Waals surface area (Å²) in [6.45, 7) is 6.70. The smallest absolute Gasteiger partial charge is 0.255 e. The molecule has 4 heteroatoms. The average Bonchev–Trinajstić information content (AvgIpc) is 2.40. The molecule has 0 unspecified atom stereocenters. The summed E-state index contributed by atoms with van der Waals surface area (Å²) in [7, 11) is 0. The van der Waals surface area contributed by atoms with E-state index < -0.39 is 0 Å². The molecule has 1 fully saturated rings. The van der Waals surface area contributed by atoms with Crippen molar-refractivity contribution in [2.45, 2.75) is 32.7 Å². The van der Waals surface area contributed by atoms with Crippen molar-refractivity contribution in [3.8, 4) is 0 Å². The first-order chi connectivity index (χ1) is 9.13. The van der Waals surface area contributed by atoms with Crippen molar-refractivity contribution in [1.82, 2.24) is 10.2 Å². The van der Waals surface area contributed by atoms with Gasteiger partial charge >= 0.3 is 0 Å². The lowest BCUT2D eigenvalue weighted by Gasteiger charge is -2.34. The van der Waals surface area contributed by atoms with Gasteiger partial charge in [0.05, 0.1) is 10.6 Å². The van der Waals surface area contributed by atoms with E-state index in [4.69, 9.17) is 11.6 Å². The predicted molar refractivity (Wildman–Crippen MR) is 78.8 cm³/mol. The molecular weight excluding hydrogens is 260 g/mol. The molecule has 1 heterocycles. The summed E-state index contributed by atoms with van der Waals surface area (Å²) >= 11 is 6.20. The Labute approximate surface area is 119 Å². The standard InChI is InChI=1S/C15H21ClN2O/c1-3-18(12-6-8-17-9-7-12)15(19)13-5-4-11(2)10-14(13)16/h4-5,10,12,17H,3,6-9H2,1-2H3. The molecule has 19 heavy (non-hydrogen) atoms. The first-order valence-corrected chi connectivity index (χ1v) is 7.29. The van der Waals surface area contributed by atoms with Crippen LogP contribution in [0.5, 0.6) is 0 Å². The number of piperidine rings is 1. The fraction of sp³-hybridized carbons (Fsp3) is 0.533. The lowest BCUT2D eigenvalue weighted by Crippen LogP contribution is -2.46. The van der Waals surface area contributed by atoms with Crippen LogP contribution in [0.25, 0.3) is 0 Å². The highest BCUT2D eigenvalue weighted by Crippen LogP contribution is 2.22. The zero-order valence-corrected chi connectivity index (χ0v) is 12.3. The lowest BCUT2D eigenvalue weighted by atomic mass is 10.0. The van der Waals surface area contributed by atoms with Crippen LogP contribution in [0, 0.1) is 6.92 Å². The van der Waals surface area contributed by atoms with Gasteiger partial charge in [0.15, 0.2) is 0 Å². The van der Waals surface area contributed by atoms with Crippen molar-refractivity contribution in [3.05, 3.63) is 34.3 Å². The van der Waals surface area contributed by atoms with Crippen molar-refractivity contribution < 1.29 is 4.79 Å². The molecule has 0 bridgehead atoms. The summed E-state index contributed by atoms with van der Waals surface area (Å²) in [5.41, 5.74) is 1.69. The van der Waals surface area contributed by atoms with Gasteiger partial charge in [0.1, 0.15) is 0 Å². The maximum Gasteiger partial charge on any atom is 0.255 e. The minimum absolute atomic E-state index is 0.0550. The van der Waals surface area contributed by atoms with Gasteiger partial charge in [-0.1, -0.05) is 17.7 Å². The van der Waals surface area contributed by atoms with Crippen LogP contribution in [0.2, 0.25) is 5.02 Å². The minimum atomic E-state index is 0.0550. The number of nitrogens with one attached hydrogen (secondary N) is 1. The summed E-state index contributed by atoms with van der Waals surface area (Å²) in [6.07, 6.45) is 2.03. The SMILES string of the molecule is CCN(C(=O)c1ccc(C)cc1Cl)C1CCNCC1. The Bertz CT molecular complexity index is 455. The van der Waals surface area contributed by atoms with Crippen LogP contribution in [0.4, 0.5) is 0 Å². The van der Waals surface area contributed by atoms with Crippen LogP contribution in [-0.2, 0) is 0 Å². The Morgan fingerprint density at radius 2 is 2.11 bits per heavy atom. The predicted octanol–water partition coefficient (Wildman–Crippen LogP) is 2.86. The monoisotopic (exact) mass is 280 g/mol. The third kappa shape index (κ3) is 3.28. The van der Waals surface area contributed by atoms with E-state index >= 15 is 0 Å². The highest BCUT2D eigenvalue weighted by Gasteiger charge is 2.25. The topological polar surface area (TPSA) is 32.3 Å². The molecule has 0 spiro atoms. The fourth-order valence-corrected chi connectivity index (χ4v) is 2.95. The Morgan fingerprint density at radius 3 is 2.68 bits per heavy atom. The number of hydrogen-bond donors (Lipinski definition) is 1. The van der Waals surface area contributed by atoms with E-state index in [0.717, 1.165) is 38.0 Å². The van der Waals surface area contributed by atoms with Gasteiger partial charge in [0.25, 0.3) is 5.91 Å². The number of benzene rings is 1. The maximum atomic E-state index is 12.6. The molecule has 0 radical (unpaired) electrons. The summed E-state index contributed by atoms with van der Waals surface area (Å²) in [5, 5.41) is 3.88. The summed E-state index contributed by atoms with van der Waals surface area (Å²) < 4.78 is 0. The van der Waals surface area contributed by atoms with Gasteiger partial charge in [-0.05, 0) is 57.5 Å². The number of carbonyl (C=O) groups is 1. The van der Waals surface area contributed by atoms with Crippen molar-refractivity contribution in [2.75, 3.05) is 19.6 Å². The Hall–Kier alpha value is -1.06. The molecule has 1 amide bonds. The van der Waals surface area contributed by atoms with Gasteiger partial charge in [-0.25, -0.2) is 0 Å². The van der Waals surface area contributed by atoms with Gasteiger partial charge in [-0.2, -0.15) is 0 Å². The number of aryl methyl sites for hydroxylation is 1. The number of hydrogen-bond acceptors (Lipinski definition) is 2. The van der Waals surface area contributed by atoms with E-state index in [1.54, 1.807) is 0 Å². The Balaban J connectivity index is 2.19. The van der Waals surface area contributed by atoms with Gasteiger partial charge < -0.3 is 10.2 Å². The van der Waals surface area contributed by atoms with Crippen molar-refractivity contribution in [2.24, 2.45) is 0 Å². The van der Waals surface area contributed by atoms with E-state index in [-0.39, 0.29) is 5.91 Å². The van der Waals surface area contributed by atoms with Crippen molar-refractivity contribution >= 4 is 17.5 Å². The molecule has 1 aromatic rings.